The van der Waals surface area contributed by atoms with Crippen LogP contribution in [0.25, 0.3) is 10.8 Å². The molecule has 0 radical (unpaired) electrons. The lowest BCUT2D eigenvalue weighted by atomic mass is 9.95. The lowest BCUT2D eigenvalue weighted by molar-refractivity contribution is 0.551. The molecule has 0 bridgehead atoms. The van der Waals surface area contributed by atoms with Gasteiger partial charge in [0.2, 0.25) is 0 Å². The summed E-state index contributed by atoms with van der Waals surface area (Å²) in [6.07, 6.45) is 0.753. The van der Waals surface area contributed by atoms with Gasteiger partial charge in [0.05, 0.1) is 6.04 Å². The molecule has 1 atom stereocenters. The van der Waals surface area contributed by atoms with Crippen LogP contribution in [0, 0.1) is 5.82 Å². The van der Waals surface area contributed by atoms with Gasteiger partial charge in [-0.15, -0.1) is 0 Å². The summed E-state index contributed by atoms with van der Waals surface area (Å²) >= 11 is 0. The van der Waals surface area contributed by atoms with Crippen LogP contribution in [0.1, 0.15) is 17.2 Å². The van der Waals surface area contributed by atoms with E-state index in [0.717, 1.165) is 12.0 Å². The van der Waals surface area contributed by atoms with E-state index < -0.39 is 0 Å². The number of rotatable bonds is 4. The van der Waals surface area contributed by atoms with Gasteiger partial charge >= 0.3 is 0 Å². The van der Waals surface area contributed by atoms with Gasteiger partial charge in [-0.2, -0.15) is 0 Å². The molecule has 0 fully saturated rings. The van der Waals surface area contributed by atoms with Crippen LogP contribution in [0.3, 0.4) is 0 Å². The Balaban J connectivity index is 1.94. The Labute approximate surface area is 123 Å². The molecule has 0 amide bonds. The van der Waals surface area contributed by atoms with Gasteiger partial charge in [-0.1, -0.05) is 54.6 Å². The average molecular weight is 280 g/mol. The molecule has 2 nitrogen and oxygen atoms in total. The van der Waals surface area contributed by atoms with E-state index >= 15 is 0 Å². The number of hydrogen-bond acceptors (Lipinski definition) is 2. The number of nitrogens with one attached hydrogen (secondary N) is 1. The smallest absolute Gasteiger partial charge is 0.123 e. The van der Waals surface area contributed by atoms with Crippen molar-refractivity contribution in [3.8, 4) is 0 Å². The van der Waals surface area contributed by atoms with Crippen LogP contribution in [-0.2, 0) is 6.42 Å². The summed E-state index contributed by atoms with van der Waals surface area (Å²) in [5, 5.41) is 2.44. The first-order valence-electron chi connectivity index (χ1n) is 6.96. The Kier molecular flexibility index (Phi) is 3.95. The molecular formula is C18H17FN2. The second kappa shape index (κ2) is 6.04. The van der Waals surface area contributed by atoms with Crippen LogP contribution in [0.2, 0.25) is 0 Å². The first-order chi connectivity index (χ1) is 10.3. The van der Waals surface area contributed by atoms with E-state index in [1.165, 1.54) is 28.5 Å². The molecule has 3 aromatic rings. The third-order valence-electron chi connectivity index (χ3n) is 3.78. The van der Waals surface area contributed by atoms with Crippen LogP contribution < -0.4 is 11.3 Å². The van der Waals surface area contributed by atoms with Crippen LogP contribution >= 0.6 is 0 Å². The summed E-state index contributed by atoms with van der Waals surface area (Å²) in [6.45, 7) is 0. The second-order valence-corrected chi connectivity index (χ2v) is 5.11. The monoisotopic (exact) mass is 280 g/mol. The maximum atomic E-state index is 13.0. The lowest BCUT2D eigenvalue weighted by Gasteiger charge is -2.17. The Morgan fingerprint density at radius 1 is 0.905 bits per heavy atom. The Morgan fingerprint density at radius 3 is 2.38 bits per heavy atom. The molecule has 0 heterocycles. The second-order valence-electron chi connectivity index (χ2n) is 5.11. The SMILES string of the molecule is NNC(Cc1cccc2ccccc12)c1ccc(F)cc1. The minimum atomic E-state index is -0.236. The summed E-state index contributed by atoms with van der Waals surface area (Å²) in [4.78, 5) is 0. The zero-order chi connectivity index (χ0) is 14.7. The minimum Gasteiger partial charge on any atom is -0.271 e. The van der Waals surface area contributed by atoms with Crippen molar-refractivity contribution in [1.82, 2.24) is 5.43 Å². The van der Waals surface area contributed by atoms with E-state index in [9.17, 15) is 4.39 Å². The number of hydrazine groups is 1. The average Bonchev–Trinajstić information content (AvgIpc) is 2.54. The van der Waals surface area contributed by atoms with Gasteiger partial charge in [0.25, 0.3) is 0 Å². The largest absolute Gasteiger partial charge is 0.271 e. The summed E-state index contributed by atoms with van der Waals surface area (Å²) < 4.78 is 13.0. The van der Waals surface area contributed by atoms with Crippen LogP contribution in [0.15, 0.2) is 66.7 Å². The summed E-state index contributed by atoms with van der Waals surface area (Å²) in [6, 6.07) is 21.0. The maximum Gasteiger partial charge on any atom is 0.123 e. The maximum absolute atomic E-state index is 13.0. The highest BCUT2D eigenvalue weighted by Crippen LogP contribution is 2.24. The Bertz CT molecular complexity index is 732. The summed E-state index contributed by atoms with van der Waals surface area (Å²) in [5.41, 5.74) is 5.03. The Morgan fingerprint density at radius 2 is 1.62 bits per heavy atom. The first kappa shape index (κ1) is 13.7. The van der Waals surface area contributed by atoms with E-state index in [-0.39, 0.29) is 11.9 Å². The summed E-state index contributed by atoms with van der Waals surface area (Å²) in [7, 11) is 0. The predicted octanol–water partition coefficient (Wildman–Crippen LogP) is 3.73. The van der Waals surface area contributed by atoms with Crippen molar-refractivity contribution in [2.75, 3.05) is 0 Å². The molecule has 0 aliphatic rings. The third kappa shape index (κ3) is 2.94. The normalized spacial score (nSPS) is 12.5. The standard InChI is InChI=1S/C18H17FN2/c19-16-10-8-14(9-11-16)18(21-20)12-15-6-3-5-13-4-1-2-7-17(13)15/h1-11,18,21H,12,20H2. The van der Waals surface area contributed by atoms with Crippen LogP contribution in [0.4, 0.5) is 4.39 Å². The molecule has 1 unspecified atom stereocenters. The van der Waals surface area contributed by atoms with E-state index in [1.54, 1.807) is 12.1 Å². The van der Waals surface area contributed by atoms with E-state index in [1.807, 2.05) is 12.1 Å². The molecule has 21 heavy (non-hydrogen) atoms. The topological polar surface area (TPSA) is 38.0 Å². The van der Waals surface area contributed by atoms with Gasteiger partial charge in [-0.3, -0.25) is 11.3 Å². The van der Waals surface area contributed by atoms with Gasteiger partial charge in [0.15, 0.2) is 0 Å². The first-order valence-corrected chi connectivity index (χ1v) is 6.96. The van der Waals surface area contributed by atoms with Crippen molar-refractivity contribution in [2.24, 2.45) is 5.84 Å². The van der Waals surface area contributed by atoms with Gasteiger partial charge in [-0.05, 0) is 40.5 Å². The molecular weight excluding hydrogens is 263 g/mol. The molecule has 106 valence electrons. The van der Waals surface area contributed by atoms with Crippen LogP contribution in [0.5, 0.6) is 0 Å². The van der Waals surface area contributed by atoms with Gasteiger partial charge < -0.3 is 0 Å². The molecule has 3 heteroatoms. The highest BCUT2D eigenvalue weighted by atomic mass is 19.1. The fourth-order valence-electron chi connectivity index (χ4n) is 2.66. The number of hydrogen-bond donors (Lipinski definition) is 2. The van der Waals surface area contributed by atoms with Gasteiger partial charge in [0.1, 0.15) is 5.82 Å². The lowest BCUT2D eigenvalue weighted by Crippen LogP contribution is -2.29. The van der Waals surface area contributed by atoms with Crippen molar-refractivity contribution in [1.29, 1.82) is 0 Å². The van der Waals surface area contributed by atoms with E-state index in [4.69, 9.17) is 5.84 Å². The number of benzene rings is 3. The molecule has 3 aromatic carbocycles. The quantitative estimate of drug-likeness (QED) is 0.564. The number of halogens is 1. The molecule has 0 aromatic heterocycles. The fraction of sp³-hybridized carbons (Fsp3) is 0.111. The Hall–Kier alpha value is -2.23. The van der Waals surface area contributed by atoms with E-state index in [2.05, 4.69) is 35.8 Å². The predicted molar refractivity (Wildman–Crippen MR) is 84.1 cm³/mol. The fourth-order valence-corrected chi connectivity index (χ4v) is 2.66. The third-order valence-corrected chi connectivity index (χ3v) is 3.78. The zero-order valence-electron chi connectivity index (χ0n) is 11.6. The number of fused-ring (bicyclic) bond motifs is 1. The van der Waals surface area contributed by atoms with Gasteiger partial charge in [0, 0.05) is 0 Å². The zero-order valence-corrected chi connectivity index (χ0v) is 11.6. The molecule has 3 N–H and O–H groups in total. The van der Waals surface area contributed by atoms with Crippen molar-refractivity contribution in [2.45, 2.75) is 12.5 Å². The van der Waals surface area contributed by atoms with Crippen molar-refractivity contribution < 1.29 is 4.39 Å². The molecule has 0 saturated heterocycles. The van der Waals surface area contributed by atoms with Crippen molar-refractivity contribution in [3.63, 3.8) is 0 Å². The molecule has 0 aliphatic heterocycles. The van der Waals surface area contributed by atoms with E-state index in [0.29, 0.717) is 0 Å². The molecule has 0 aliphatic carbocycles. The molecule has 0 spiro atoms. The van der Waals surface area contributed by atoms with Crippen LogP contribution in [-0.4, -0.2) is 0 Å². The minimum absolute atomic E-state index is 0.0450. The highest BCUT2D eigenvalue weighted by molar-refractivity contribution is 5.85. The van der Waals surface area contributed by atoms with Crippen molar-refractivity contribution >= 4 is 10.8 Å². The highest BCUT2D eigenvalue weighted by Gasteiger charge is 2.12. The molecule has 3 rings (SSSR count). The number of nitrogens with two attached hydrogens (primary N) is 1. The van der Waals surface area contributed by atoms with Gasteiger partial charge in [-0.25, -0.2) is 4.39 Å². The van der Waals surface area contributed by atoms with Crippen molar-refractivity contribution in [3.05, 3.63) is 83.7 Å². The molecule has 0 saturated carbocycles. The summed E-state index contributed by atoms with van der Waals surface area (Å²) in [5.74, 6) is 5.45.